The number of furan rings is 1. The number of imide groups is 1. The van der Waals surface area contributed by atoms with Gasteiger partial charge >= 0.3 is 5.97 Å². The fraction of sp³-hybridized carbons (Fsp3) is 0.167. The Hall–Kier alpha value is -3.39. The summed E-state index contributed by atoms with van der Waals surface area (Å²) in [6.45, 7) is -0.330. The summed E-state index contributed by atoms with van der Waals surface area (Å²) in [7, 11) is 1.27. The third kappa shape index (κ3) is 3.35. The molecule has 0 saturated heterocycles. The number of hydrogen-bond donors (Lipinski definition) is 2. The maximum atomic E-state index is 12.1. The van der Waals surface area contributed by atoms with Gasteiger partial charge in [0.15, 0.2) is 0 Å². The van der Waals surface area contributed by atoms with Crippen molar-refractivity contribution in [2.45, 2.75) is 0 Å². The van der Waals surface area contributed by atoms with E-state index in [4.69, 9.17) is 9.52 Å². The first-order chi connectivity index (χ1) is 12.5. The van der Waals surface area contributed by atoms with Crippen molar-refractivity contribution >= 4 is 23.5 Å². The fourth-order valence-corrected chi connectivity index (χ4v) is 2.49. The molecule has 2 heterocycles. The minimum Gasteiger partial charge on any atom is -0.463 e. The molecule has 1 aliphatic heterocycles. The molecule has 0 atom stereocenters. The minimum absolute atomic E-state index is 0.0424. The summed E-state index contributed by atoms with van der Waals surface area (Å²) in [4.78, 5) is 36.2. The van der Waals surface area contributed by atoms with Gasteiger partial charge in [-0.3, -0.25) is 14.5 Å². The number of aliphatic hydroxyl groups is 1. The number of nitrogens with one attached hydrogen (secondary N) is 1. The molecule has 0 bridgehead atoms. The Labute approximate surface area is 148 Å². The molecule has 0 fully saturated rings. The van der Waals surface area contributed by atoms with Crippen LogP contribution in [0.2, 0.25) is 0 Å². The number of methoxy groups -OCH3 is 1. The summed E-state index contributed by atoms with van der Waals surface area (Å²) in [5, 5.41) is 11.8. The van der Waals surface area contributed by atoms with E-state index < -0.39 is 17.8 Å². The maximum absolute atomic E-state index is 12.1. The van der Waals surface area contributed by atoms with Crippen molar-refractivity contribution in [3.8, 4) is 11.3 Å². The van der Waals surface area contributed by atoms with Crippen molar-refractivity contribution in [3.05, 3.63) is 53.9 Å². The summed E-state index contributed by atoms with van der Waals surface area (Å²) in [6, 6.07) is 10.1. The molecule has 0 spiro atoms. The van der Waals surface area contributed by atoms with Crippen LogP contribution in [-0.2, 0) is 14.3 Å². The van der Waals surface area contributed by atoms with E-state index in [2.05, 4.69) is 10.1 Å². The van der Waals surface area contributed by atoms with Crippen LogP contribution in [0.1, 0.15) is 10.6 Å². The van der Waals surface area contributed by atoms with Crippen molar-refractivity contribution in [1.29, 1.82) is 0 Å². The molecule has 8 nitrogen and oxygen atoms in total. The van der Waals surface area contributed by atoms with E-state index in [9.17, 15) is 14.4 Å². The quantitative estimate of drug-likeness (QED) is 0.594. The first kappa shape index (κ1) is 17.4. The van der Waals surface area contributed by atoms with Crippen molar-refractivity contribution in [1.82, 2.24) is 4.90 Å². The standard InChI is InChI=1S/C18H16N2O6/c1-25-18(24)15-7-6-14(26-15)11-2-4-12(5-3-11)19-13-10-16(22)20(8-9-21)17(13)23/h2-7,10,19,21H,8-9H2,1H3. The molecule has 2 N–H and O–H groups in total. The van der Waals surface area contributed by atoms with Crippen LogP contribution in [0.15, 0.2) is 52.6 Å². The summed E-state index contributed by atoms with van der Waals surface area (Å²) in [5.41, 5.74) is 1.48. The number of aliphatic hydroxyl groups excluding tert-OH is 1. The van der Waals surface area contributed by atoms with Crippen LogP contribution in [0.25, 0.3) is 11.3 Å². The molecule has 0 saturated carbocycles. The van der Waals surface area contributed by atoms with E-state index in [1.54, 1.807) is 30.3 Å². The maximum Gasteiger partial charge on any atom is 0.373 e. The van der Waals surface area contributed by atoms with Gasteiger partial charge in [0.05, 0.1) is 20.3 Å². The number of carbonyl (C=O) groups is 3. The number of amides is 2. The average Bonchev–Trinajstić information content (AvgIpc) is 3.23. The van der Waals surface area contributed by atoms with Gasteiger partial charge in [0.25, 0.3) is 11.8 Å². The Morgan fingerprint density at radius 2 is 1.92 bits per heavy atom. The smallest absolute Gasteiger partial charge is 0.373 e. The number of β-amino-alcohol motifs (C(OH)–C–C–N with tert-alkyl or cyclic N) is 1. The second-order valence-electron chi connectivity index (χ2n) is 5.43. The second kappa shape index (κ2) is 7.24. The molecule has 1 aromatic heterocycles. The molecular formula is C18H16N2O6. The third-order valence-corrected chi connectivity index (χ3v) is 3.77. The van der Waals surface area contributed by atoms with E-state index in [0.717, 1.165) is 10.5 Å². The van der Waals surface area contributed by atoms with Crippen molar-refractivity contribution in [3.63, 3.8) is 0 Å². The fourth-order valence-electron chi connectivity index (χ4n) is 2.49. The van der Waals surface area contributed by atoms with Gasteiger partial charge < -0.3 is 19.6 Å². The van der Waals surface area contributed by atoms with Crippen molar-refractivity contribution < 1.29 is 28.6 Å². The van der Waals surface area contributed by atoms with Gasteiger partial charge in [-0.25, -0.2) is 4.79 Å². The van der Waals surface area contributed by atoms with E-state index in [-0.39, 0.29) is 24.6 Å². The van der Waals surface area contributed by atoms with Gasteiger partial charge in [-0.05, 0) is 36.4 Å². The van der Waals surface area contributed by atoms with E-state index >= 15 is 0 Å². The summed E-state index contributed by atoms with van der Waals surface area (Å²) >= 11 is 0. The van der Waals surface area contributed by atoms with Crippen LogP contribution >= 0.6 is 0 Å². The van der Waals surface area contributed by atoms with Crippen LogP contribution in [-0.4, -0.2) is 48.1 Å². The van der Waals surface area contributed by atoms with E-state index in [0.29, 0.717) is 11.4 Å². The molecule has 8 heteroatoms. The number of carbonyl (C=O) groups excluding carboxylic acids is 3. The molecule has 26 heavy (non-hydrogen) atoms. The lowest BCUT2D eigenvalue weighted by Gasteiger charge is -2.13. The zero-order valence-corrected chi connectivity index (χ0v) is 13.9. The van der Waals surface area contributed by atoms with Gasteiger partial charge in [0, 0.05) is 17.3 Å². The first-order valence-electron chi connectivity index (χ1n) is 7.77. The van der Waals surface area contributed by atoms with Crippen molar-refractivity contribution in [2.75, 3.05) is 25.6 Å². The zero-order valence-electron chi connectivity index (χ0n) is 13.9. The predicted octanol–water partition coefficient (Wildman–Crippen LogP) is 1.39. The summed E-state index contributed by atoms with van der Waals surface area (Å²) < 4.78 is 10.0. The van der Waals surface area contributed by atoms with Gasteiger partial charge in [0.1, 0.15) is 11.5 Å². The topological polar surface area (TPSA) is 109 Å². The number of esters is 1. The lowest BCUT2D eigenvalue weighted by atomic mass is 10.1. The predicted molar refractivity (Wildman–Crippen MR) is 91.0 cm³/mol. The van der Waals surface area contributed by atoms with Crippen molar-refractivity contribution in [2.24, 2.45) is 0 Å². The Balaban J connectivity index is 1.72. The minimum atomic E-state index is -0.557. The Kier molecular flexibility index (Phi) is 4.85. The molecular weight excluding hydrogens is 340 g/mol. The highest BCUT2D eigenvalue weighted by molar-refractivity contribution is 6.17. The highest BCUT2D eigenvalue weighted by atomic mass is 16.5. The molecule has 1 aromatic carbocycles. The zero-order chi connectivity index (χ0) is 18.7. The Bertz CT molecular complexity index is 881. The average molecular weight is 356 g/mol. The Morgan fingerprint density at radius 3 is 2.58 bits per heavy atom. The monoisotopic (exact) mass is 356 g/mol. The number of ether oxygens (including phenoxy) is 1. The lowest BCUT2D eigenvalue weighted by Crippen LogP contribution is -2.34. The summed E-state index contributed by atoms with van der Waals surface area (Å²) in [5.74, 6) is -0.902. The summed E-state index contributed by atoms with van der Waals surface area (Å²) in [6.07, 6.45) is 1.20. The molecule has 0 radical (unpaired) electrons. The van der Waals surface area contributed by atoms with Gasteiger partial charge in [-0.1, -0.05) is 0 Å². The van der Waals surface area contributed by atoms with Gasteiger partial charge in [0.2, 0.25) is 5.76 Å². The van der Waals surface area contributed by atoms with Crippen LogP contribution < -0.4 is 5.32 Å². The molecule has 134 valence electrons. The molecule has 0 unspecified atom stereocenters. The van der Waals surface area contributed by atoms with Gasteiger partial charge in [-0.2, -0.15) is 0 Å². The van der Waals surface area contributed by atoms with Gasteiger partial charge in [-0.15, -0.1) is 0 Å². The number of nitrogens with zero attached hydrogens (tertiary/aromatic N) is 1. The highest BCUT2D eigenvalue weighted by Gasteiger charge is 2.30. The lowest BCUT2D eigenvalue weighted by molar-refractivity contribution is -0.137. The second-order valence-corrected chi connectivity index (χ2v) is 5.43. The van der Waals surface area contributed by atoms with Crippen LogP contribution in [0.3, 0.4) is 0 Å². The number of benzene rings is 1. The molecule has 1 aliphatic rings. The SMILES string of the molecule is COC(=O)c1ccc(-c2ccc(NC3=CC(=O)N(CCO)C3=O)cc2)o1. The van der Waals surface area contributed by atoms with Crippen LogP contribution in [0, 0.1) is 0 Å². The number of hydrogen-bond acceptors (Lipinski definition) is 7. The van der Waals surface area contributed by atoms with E-state index in [1.807, 2.05) is 0 Å². The first-order valence-corrected chi connectivity index (χ1v) is 7.77. The highest BCUT2D eigenvalue weighted by Crippen LogP contribution is 2.25. The van der Waals surface area contributed by atoms with Crippen LogP contribution in [0.5, 0.6) is 0 Å². The third-order valence-electron chi connectivity index (χ3n) is 3.77. The molecule has 2 aromatic rings. The number of anilines is 1. The largest absolute Gasteiger partial charge is 0.463 e. The Morgan fingerprint density at radius 1 is 1.19 bits per heavy atom. The molecule has 2 amide bonds. The normalized spacial score (nSPS) is 13.8. The number of rotatable bonds is 6. The molecule has 0 aliphatic carbocycles. The van der Waals surface area contributed by atoms with E-state index in [1.165, 1.54) is 19.3 Å². The molecule has 3 rings (SSSR count). The van der Waals surface area contributed by atoms with Crippen LogP contribution in [0.4, 0.5) is 5.69 Å².